The van der Waals surface area contributed by atoms with E-state index in [4.69, 9.17) is 49.0 Å². The zero-order chi connectivity index (χ0) is 24.3. The molecule has 1 aromatic rings. The second-order valence-electron chi connectivity index (χ2n) is 9.54. The maximum absolute atomic E-state index is 12.5. The van der Waals surface area contributed by atoms with Crippen molar-refractivity contribution in [1.29, 1.82) is 0 Å². The van der Waals surface area contributed by atoms with Crippen LogP contribution in [0, 0.1) is 0 Å². The van der Waals surface area contributed by atoms with Crippen molar-refractivity contribution in [3.63, 3.8) is 0 Å². The van der Waals surface area contributed by atoms with E-state index in [2.05, 4.69) is 37.7 Å². The number of ether oxygens (including phenoxy) is 3. The number of hydrogen-bond donors (Lipinski definition) is 1. The van der Waals surface area contributed by atoms with E-state index >= 15 is 0 Å². The molecule has 1 N–H and O–H groups in total. The lowest BCUT2D eigenvalue weighted by atomic mass is 9.84. The molecule has 2 atom stereocenters. The highest BCUT2D eigenvalue weighted by Gasteiger charge is 2.40. The Morgan fingerprint density at radius 3 is 2.44 bits per heavy atom. The van der Waals surface area contributed by atoms with Crippen molar-refractivity contribution >= 4 is 46.8 Å². The molecule has 1 amide bonds. The molecule has 0 bridgehead atoms. The summed E-state index contributed by atoms with van der Waals surface area (Å²) in [5.74, 6) is 0.541. The van der Waals surface area contributed by atoms with Gasteiger partial charge in [0.25, 0.3) is 3.79 Å². The molecule has 2 rings (SSSR count). The van der Waals surface area contributed by atoms with Crippen molar-refractivity contribution in [3.8, 4) is 5.75 Å². The second kappa shape index (κ2) is 10.1. The monoisotopic (exact) mass is 504 g/mol. The Kier molecular flexibility index (Phi) is 8.41. The van der Waals surface area contributed by atoms with Gasteiger partial charge in [-0.3, -0.25) is 0 Å². The molecule has 0 saturated heterocycles. The minimum atomic E-state index is -1.85. The van der Waals surface area contributed by atoms with Gasteiger partial charge in [-0.15, -0.1) is 0 Å². The fraction of sp³-hybridized carbons (Fsp3) is 0.565. The van der Waals surface area contributed by atoms with Crippen LogP contribution in [0.3, 0.4) is 0 Å². The van der Waals surface area contributed by atoms with Crippen molar-refractivity contribution in [1.82, 2.24) is 5.32 Å². The zero-order valence-electron chi connectivity index (χ0n) is 19.3. The van der Waals surface area contributed by atoms with Crippen molar-refractivity contribution in [2.75, 3.05) is 13.2 Å². The van der Waals surface area contributed by atoms with Gasteiger partial charge in [0.1, 0.15) is 30.6 Å². The van der Waals surface area contributed by atoms with Gasteiger partial charge in [-0.25, -0.2) is 9.79 Å². The lowest BCUT2D eigenvalue weighted by molar-refractivity contribution is 0.0464. The number of alkyl halides is 3. The quantitative estimate of drug-likeness (QED) is 0.377. The number of amides is 1. The average molecular weight is 506 g/mol. The average Bonchev–Trinajstić information content (AvgIpc) is 2.63. The molecule has 0 fully saturated rings. The fourth-order valence-electron chi connectivity index (χ4n) is 3.06. The Morgan fingerprint density at radius 1 is 1.25 bits per heavy atom. The van der Waals surface area contributed by atoms with Crippen LogP contribution < -0.4 is 10.1 Å². The Morgan fingerprint density at radius 2 is 1.91 bits per heavy atom. The van der Waals surface area contributed by atoms with Crippen LogP contribution in [0.1, 0.15) is 58.7 Å². The van der Waals surface area contributed by atoms with Crippen LogP contribution in [0.5, 0.6) is 5.75 Å². The van der Waals surface area contributed by atoms with E-state index < -0.39 is 27.6 Å². The molecule has 0 radical (unpaired) electrons. The number of carbonyl (C=O) groups excluding carboxylic acids is 1. The summed E-state index contributed by atoms with van der Waals surface area (Å²) in [6.07, 6.45) is 1.06. The first kappa shape index (κ1) is 26.6. The molecule has 0 spiro atoms. The Balaban J connectivity index is 2.56. The number of nitrogens with zero attached hydrogens (tertiary/aromatic N) is 1. The summed E-state index contributed by atoms with van der Waals surface area (Å²) in [7, 11) is 0. The highest BCUT2D eigenvalue weighted by atomic mass is 35.6. The predicted molar refractivity (Wildman–Crippen MR) is 130 cm³/mol. The largest absolute Gasteiger partial charge is 0.489 e. The maximum Gasteiger partial charge on any atom is 0.408 e. The molecule has 178 valence electrons. The third-order valence-corrected chi connectivity index (χ3v) is 5.02. The van der Waals surface area contributed by atoms with Crippen LogP contribution in [0.15, 0.2) is 35.8 Å². The van der Waals surface area contributed by atoms with Gasteiger partial charge < -0.3 is 19.5 Å². The lowest BCUT2D eigenvalue weighted by Gasteiger charge is -2.34. The third kappa shape index (κ3) is 7.46. The van der Waals surface area contributed by atoms with Crippen LogP contribution in [0.25, 0.3) is 0 Å². The summed E-state index contributed by atoms with van der Waals surface area (Å²) in [6, 6.07) is 4.66. The topological polar surface area (TPSA) is 69.2 Å². The van der Waals surface area contributed by atoms with Crippen LogP contribution in [-0.4, -0.2) is 40.6 Å². The van der Waals surface area contributed by atoms with E-state index in [1.165, 1.54) is 0 Å². The molecule has 1 aromatic carbocycles. The number of alkyl carbamates (subject to hydrolysis) is 1. The number of carbonyl (C=O) groups is 1. The summed E-state index contributed by atoms with van der Waals surface area (Å²) < 4.78 is 15.0. The number of hydrogen-bond acceptors (Lipinski definition) is 5. The number of aliphatic imine (C=N–C) groups is 1. The van der Waals surface area contributed by atoms with Crippen molar-refractivity contribution in [2.24, 2.45) is 4.99 Å². The van der Waals surface area contributed by atoms with Gasteiger partial charge in [0.15, 0.2) is 0 Å². The minimum absolute atomic E-state index is 0.0390. The van der Waals surface area contributed by atoms with Crippen LogP contribution >= 0.6 is 34.8 Å². The summed E-state index contributed by atoms with van der Waals surface area (Å²) in [4.78, 5) is 17.1. The number of benzene rings is 1. The van der Waals surface area contributed by atoms with Crippen molar-refractivity contribution in [2.45, 2.75) is 68.4 Å². The zero-order valence-corrected chi connectivity index (χ0v) is 21.6. The molecule has 0 unspecified atom stereocenters. The molecule has 0 aromatic heterocycles. The SMILES string of the molecule is C=CCOc1ccc(C(C)(C)C)cc1[C@@H]1N=C(C(Cl)(Cl)Cl)OC[C@H]1NC(=O)OC(C)(C)C. The summed E-state index contributed by atoms with van der Waals surface area (Å²) in [6.45, 7) is 15.7. The normalized spacial score (nSPS) is 19.5. The van der Waals surface area contributed by atoms with Crippen molar-refractivity contribution < 1.29 is 19.0 Å². The van der Waals surface area contributed by atoms with Gasteiger partial charge in [0, 0.05) is 5.56 Å². The smallest absolute Gasteiger partial charge is 0.408 e. The van der Waals surface area contributed by atoms with Gasteiger partial charge in [-0.2, -0.15) is 0 Å². The Bertz CT molecular complexity index is 867. The van der Waals surface area contributed by atoms with Gasteiger partial charge in [-0.1, -0.05) is 74.3 Å². The summed E-state index contributed by atoms with van der Waals surface area (Å²) >= 11 is 18.2. The maximum atomic E-state index is 12.5. The van der Waals surface area contributed by atoms with Crippen LogP contribution in [0.2, 0.25) is 0 Å². The first-order chi connectivity index (χ1) is 14.6. The van der Waals surface area contributed by atoms with E-state index in [9.17, 15) is 4.79 Å². The van der Waals surface area contributed by atoms with E-state index in [1.807, 2.05) is 18.2 Å². The molecule has 6 nitrogen and oxygen atoms in total. The summed E-state index contributed by atoms with van der Waals surface area (Å²) in [5.41, 5.74) is 1.00. The highest BCUT2D eigenvalue weighted by molar-refractivity contribution is 6.76. The molecule has 0 saturated carbocycles. The summed E-state index contributed by atoms with van der Waals surface area (Å²) in [5, 5.41) is 2.84. The molecule has 1 aliphatic rings. The van der Waals surface area contributed by atoms with E-state index in [0.717, 1.165) is 11.1 Å². The fourth-order valence-corrected chi connectivity index (χ4v) is 3.37. The standard InChI is InChI=1S/C23H31Cl3N2O4/c1-8-11-30-17-10-9-14(21(2,3)4)12-15(17)18-16(27-20(29)32-22(5,6)7)13-31-19(28-18)23(24,25)26/h8-10,12,16,18H,1,11,13H2,2-7H3,(H,27,29)/t16-,18+/m1/s1. The van der Waals surface area contributed by atoms with Gasteiger partial charge in [0.2, 0.25) is 5.90 Å². The third-order valence-electron chi connectivity index (χ3n) is 4.53. The van der Waals surface area contributed by atoms with Crippen LogP contribution in [-0.2, 0) is 14.9 Å². The Hall–Kier alpha value is -1.63. The van der Waals surface area contributed by atoms with E-state index in [1.54, 1.807) is 26.8 Å². The molecular formula is C23H31Cl3N2O4. The second-order valence-corrected chi connectivity index (χ2v) is 11.8. The molecule has 9 heteroatoms. The van der Waals surface area contributed by atoms with Gasteiger partial charge in [-0.05, 0) is 43.9 Å². The first-order valence-electron chi connectivity index (χ1n) is 10.3. The first-order valence-corrected chi connectivity index (χ1v) is 11.4. The van der Waals surface area contributed by atoms with Gasteiger partial charge in [0.05, 0.1) is 6.04 Å². The predicted octanol–water partition coefficient (Wildman–Crippen LogP) is 6.28. The molecular weight excluding hydrogens is 475 g/mol. The molecule has 0 aliphatic carbocycles. The van der Waals surface area contributed by atoms with E-state index in [-0.39, 0.29) is 17.9 Å². The molecule has 1 heterocycles. The Labute approximate surface area is 205 Å². The number of halogens is 3. The highest BCUT2D eigenvalue weighted by Crippen LogP contribution is 2.39. The number of rotatable bonds is 5. The minimum Gasteiger partial charge on any atom is -0.489 e. The van der Waals surface area contributed by atoms with Crippen molar-refractivity contribution in [3.05, 3.63) is 42.0 Å². The molecule has 32 heavy (non-hydrogen) atoms. The van der Waals surface area contributed by atoms with Crippen LogP contribution in [0.4, 0.5) is 4.79 Å². The van der Waals surface area contributed by atoms with E-state index in [0.29, 0.717) is 12.4 Å². The molecule has 1 aliphatic heterocycles. The van der Waals surface area contributed by atoms with Gasteiger partial charge >= 0.3 is 6.09 Å². The number of nitrogens with one attached hydrogen (secondary N) is 1. The lowest BCUT2D eigenvalue weighted by Crippen LogP contribution is -2.48.